The van der Waals surface area contributed by atoms with Crippen LogP contribution in [-0.4, -0.2) is 31.8 Å². The summed E-state index contributed by atoms with van der Waals surface area (Å²) >= 11 is 1.20. The van der Waals surface area contributed by atoms with Crippen molar-refractivity contribution >= 4 is 38.5 Å². The lowest BCUT2D eigenvalue weighted by atomic mass is 10.1. The molecule has 0 saturated heterocycles. The normalized spacial score (nSPS) is 18.1. The van der Waals surface area contributed by atoms with Crippen molar-refractivity contribution in [3.8, 4) is 0 Å². The van der Waals surface area contributed by atoms with E-state index in [2.05, 4.69) is 9.71 Å². The van der Waals surface area contributed by atoms with E-state index in [1.54, 1.807) is 25.1 Å². The van der Waals surface area contributed by atoms with Crippen LogP contribution in [0.3, 0.4) is 0 Å². The number of rotatable bonds is 3. The third-order valence-electron chi connectivity index (χ3n) is 4.53. The van der Waals surface area contributed by atoms with Gasteiger partial charge in [0, 0.05) is 17.0 Å². The topological polar surface area (TPSA) is 78.8 Å². The molecule has 1 atom stereocenters. The number of thioether (sulfide) groups is 1. The van der Waals surface area contributed by atoms with Gasteiger partial charge in [0.1, 0.15) is 0 Å². The molecule has 0 unspecified atom stereocenters. The minimum atomic E-state index is -3.45. The second kappa shape index (κ2) is 6.85. The molecule has 2 aliphatic heterocycles. The first-order chi connectivity index (χ1) is 13.2. The van der Waals surface area contributed by atoms with Gasteiger partial charge in [-0.1, -0.05) is 6.07 Å². The number of sulfonamides is 1. The Kier molecular flexibility index (Phi) is 4.62. The highest BCUT2D eigenvalue weighted by atomic mass is 32.2. The molecule has 10 heteroatoms. The minimum Gasteiger partial charge on any atom is -0.346 e. The first kappa shape index (κ1) is 18.9. The number of halogens is 2. The molecule has 1 amide bonds. The van der Waals surface area contributed by atoms with Crippen LogP contribution in [0.25, 0.3) is 0 Å². The van der Waals surface area contributed by atoms with Gasteiger partial charge < -0.3 is 10.2 Å². The van der Waals surface area contributed by atoms with Crippen molar-refractivity contribution in [1.29, 1.82) is 0 Å². The molecule has 0 spiro atoms. The summed E-state index contributed by atoms with van der Waals surface area (Å²) < 4.78 is 53.6. The zero-order valence-corrected chi connectivity index (χ0v) is 16.3. The first-order valence-corrected chi connectivity index (χ1v) is 10.8. The van der Waals surface area contributed by atoms with Gasteiger partial charge in [-0.3, -0.25) is 4.79 Å². The summed E-state index contributed by atoms with van der Waals surface area (Å²) in [6.45, 7) is 1.99. The van der Waals surface area contributed by atoms with Crippen molar-refractivity contribution in [3.63, 3.8) is 0 Å². The fourth-order valence-electron chi connectivity index (χ4n) is 3.02. The monoisotopic (exact) mass is 423 g/mol. The second-order valence-electron chi connectivity index (χ2n) is 6.46. The van der Waals surface area contributed by atoms with Crippen LogP contribution in [0.2, 0.25) is 0 Å². The molecule has 146 valence electrons. The molecule has 0 aliphatic carbocycles. The molecule has 4 rings (SSSR count). The standard InChI is InChI=1S/C18H15F2N3O3S2/c1-10(11-2-4-13(19)14(20)8-11)21-17(24)12-3-5-15-16(9-12)27-18-22-28(25,26)7-6-23(15)18/h2-5,8-10H,6-7H2,1H3,(H,21,24)/t10-/m0/s1. The second-order valence-corrected chi connectivity index (χ2v) is 9.23. The maximum Gasteiger partial charge on any atom is 0.257 e. The Hall–Kier alpha value is -2.46. The maximum absolute atomic E-state index is 13.4. The van der Waals surface area contributed by atoms with Crippen molar-refractivity contribution in [2.45, 2.75) is 17.9 Å². The Morgan fingerprint density at radius 1 is 1.21 bits per heavy atom. The summed E-state index contributed by atoms with van der Waals surface area (Å²) in [7, 11) is -3.45. The summed E-state index contributed by atoms with van der Waals surface area (Å²) in [6, 6.07) is 8.02. The zero-order chi connectivity index (χ0) is 20.1. The molecule has 0 saturated carbocycles. The van der Waals surface area contributed by atoms with E-state index in [0.29, 0.717) is 22.8 Å². The number of amides is 1. The third kappa shape index (κ3) is 3.49. The number of nitrogens with zero attached hydrogens (tertiary/aromatic N) is 2. The molecular formula is C18H15F2N3O3S2. The van der Waals surface area contributed by atoms with Crippen LogP contribution in [0.1, 0.15) is 28.9 Å². The van der Waals surface area contributed by atoms with Gasteiger partial charge in [-0.2, -0.15) is 0 Å². The fraction of sp³-hybridized carbons (Fsp3) is 0.222. The Balaban J connectivity index is 1.54. The molecule has 0 radical (unpaired) electrons. The van der Waals surface area contributed by atoms with E-state index in [9.17, 15) is 22.0 Å². The summed E-state index contributed by atoms with van der Waals surface area (Å²) in [6.07, 6.45) is 0. The summed E-state index contributed by atoms with van der Waals surface area (Å²) in [5.41, 5.74) is 1.63. The van der Waals surface area contributed by atoms with Crippen LogP contribution in [0.5, 0.6) is 0 Å². The lowest BCUT2D eigenvalue weighted by molar-refractivity contribution is 0.0939. The predicted octanol–water partition coefficient (Wildman–Crippen LogP) is 3.07. The Morgan fingerprint density at radius 2 is 2.00 bits per heavy atom. The van der Waals surface area contributed by atoms with Gasteiger partial charge in [0.05, 0.1) is 17.5 Å². The quantitative estimate of drug-likeness (QED) is 0.821. The van der Waals surface area contributed by atoms with Gasteiger partial charge in [-0.25, -0.2) is 17.2 Å². The molecule has 2 aliphatic rings. The van der Waals surface area contributed by atoms with Crippen LogP contribution < -0.4 is 10.2 Å². The molecule has 2 heterocycles. The fourth-order valence-corrected chi connectivity index (χ4v) is 5.31. The van der Waals surface area contributed by atoms with E-state index in [0.717, 1.165) is 22.7 Å². The molecular weight excluding hydrogens is 408 g/mol. The van der Waals surface area contributed by atoms with E-state index in [4.69, 9.17) is 0 Å². The number of carbonyl (C=O) groups is 1. The molecule has 0 bridgehead atoms. The van der Waals surface area contributed by atoms with E-state index < -0.39 is 27.7 Å². The van der Waals surface area contributed by atoms with Gasteiger partial charge in [-0.15, -0.1) is 4.40 Å². The molecule has 1 N–H and O–H groups in total. The highest BCUT2D eigenvalue weighted by molar-refractivity contribution is 8.15. The van der Waals surface area contributed by atoms with E-state index in [1.807, 2.05) is 4.90 Å². The molecule has 0 fully saturated rings. The number of hydrogen-bond donors (Lipinski definition) is 1. The highest BCUT2D eigenvalue weighted by Gasteiger charge is 2.33. The van der Waals surface area contributed by atoms with E-state index in [-0.39, 0.29) is 11.7 Å². The maximum atomic E-state index is 13.4. The number of hydrogen-bond acceptors (Lipinski definition) is 5. The van der Waals surface area contributed by atoms with Gasteiger partial charge >= 0.3 is 0 Å². The lowest BCUT2D eigenvalue weighted by Crippen LogP contribution is -2.35. The number of benzene rings is 2. The van der Waals surface area contributed by atoms with Crippen LogP contribution in [-0.2, 0) is 10.0 Å². The number of anilines is 1. The molecule has 2 aromatic rings. The molecule has 28 heavy (non-hydrogen) atoms. The van der Waals surface area contributed by atoms with Crippen molar-refractivity contribution < 1.29 is 22.0 Å². The van der Waals surface area contributed by atoms with E-state index in [1.165, 1.54) is 17.8 Å². The van der Waals surface area contributed by atoms with Gasteiger partial charge in [0.25, 0.3) is 15.9 Å². The Bertz CT molecular complexity index is 1120. The average molecular weight is 423 g/mol. The van der Waals surface area contributed by atoms with Crippen LogP contribution in [0.15, 0.2) is 45.7 Å². The SMILES string of the molecule is C[C@H](NC(=O)c1ccc2c(c1)SC1=NS(=O)(=O)CCN12)c1ccc(F)c(F)c1. The van der Waals surface area contributed by atoms with Gasteiger partial charge in [-0.05, 0) is 54.6 Å². The Labute approximate surface area is 164 Å². The lowest BCUT2D eigenvalue weighted by Gasteiger charge is -2.22. The molecule has 6 nitrogen and oxygen atoms in total. The minimum absolute atomic E-state index is 0.0511. The van der Waals surface area contributed by atoms with Gasteiger partial charge in [0.2, 0.25) is 0 Å². The predicted molar refractivity (Wildman–Crippen MR) is 103 cm³/mol. The van der Waals surface area contributed by atoms with Crippen molar-refractivity contribution in [1.82, 2.24) is 5.32 Å². The van der Waals surface area contributed by atoms with Crippen LogP contribution >= 0.6 is 11.8 Å². The van der Waals surface area contributed by atoms with Crippen LogP contribution in [0.4, 0.5) is 14.5 Å². The number of amidine groups is 1. The zero-order valence-electron chi connectivity index (χ0n) is 14.6. The summed E-state index contributed by atoms with van der Waals surface area (Å²) in [5, 5.41) is 3.13. The van der Waals surface area contributed by atoms with Crippen molar-refractivity contribution in [3.05, 3.63) is 59.2 Å². The average Bonchev–Trinajstić information content (AvgIpc) is 2.98. The summed E-state index contributed by atoms with van der Waals surface area (Å²) in [5.74, 6) is -2.34. The largest absolute Gasteiger partial charge is 0.346 e. The third-order valence-corrected chi connectivity index (χ3v) is 6.83. The number of fused-ring (bicyclic) bond motifs is 3. The van der Waals surface area contributed by atoms with Crippen molar-refractivity contribution in [2.75, 3.05) is 17.2 Å². The Morgan fingerprint density at radius 3 is 2.75 bits per heavy atom. The first-order valence-electron chi connectivity index (χ1n) is 8.41. The molecule has 0 aromatic heterocycles. The molecule has 2 aromatic carbocycles. The van der Waals surface area contributed by atoms with E-state index >= 15 is 0 Å². The smallest absolute Gasteiger partial charge is 0.257 e. The highest BCUT2D eigenvalue weighted by Crippen LogP contribution is 2.42. The van der Waals surface area contributed by atoms with Crippen molar-refractivity contribution in [2.24, 2.45) is 4.40 Å². The summed E-state index contributed by atoms with van der Waals surface area (Å²) in [4.78, 5) is 15.1. The van der Waals surface area contributed by atoms with Crippen LogP contribution in [0, 0.1) is 11.6 Å². The number of carbonyl (C=O) groups excluding carboxylic acids is 1. The number of nitrogens with one attached hydrogen (secondary N) is 1. The van der Waals surface area contributed by atoms with Gasteiger partial charge in [0.15, 0.2) is 16.8 Å².